The van der Waals surface area contributed by atoms with Gasteiger partial charge in [0, 0.05) is 18.8 Å². The van der Waals surface area contributed by atoms with Gasteiger partial charge in [0.25, 0.3) is 5.56 Å². The summed E-state index contributed by atoms with van der Waals surface area (Å²) in [6, 6.07) is 12.7. The van der Waals surface area contributed by atoms with E-state index in [9.17, 15) is 9.59 Å². The first kappa shape index (κ1) is 27.9. The van der Waals surface area contributed by atoms with Crippen LogP contribution in [0.4, 0.5) is 5.69 Å². The maximum absolute atomic E-state index is 13.9. The van der Waals surface area contributed by atoms with E-state index >= 15 is 0 Å². The highest BCUT2D eigenvalue weighted by atomic mass is 32.1. The molecule has 8 nitrogen and oxygen atoms in total. The highest BCUT2D eigenvalue weighted by Gasteiger charge is 2.34. The summed E-state index contributed by atoms with van der Waals surface area (Å²) in [4.78, 5) is 34.5. The van der Waals surface area contributed by atoms with E-state index in [2.05, 4.69) is 42.5 Å². The summed E-state index contributed by atoms with van der Waals surface area (Å²) in [5, 5.41) is 0. The van der Waals surface area contributed by atoms with Gasteiger partial charge >= 0.3 is 5.97 Å². The van der Waals surface area contributed by atoms with E-state index in [1.54, 1.807) is 37.8 Å². The molecule has 4 rings (SSSR count). The predicted octanol–water partition coefficient (Wildman–Crippen LogP) is 3.83. The number of benzene rings is 2. The third-order valence-electron chi connectivity index (χ3n) is 6.62. The lowest BCUT2D eigenvalue weighted by Crippen LogP contribution is -2.40. The van der Waals surface area contributed by atoms with Gasteiger partial charge in [-0.05, 0) is 62.2 Å². The van der Waals surface area contributed by atoms with Crippen molar-refractivity contribution in [2.45, 2.75) is 26.8 Å². The molecule has 2 aromatic carbocycles. The Kier molecular flexibility index (Phi) is 8.71. The first-order valence-electron chi connectivity index (χ1n) is 12.7. The van der Waals surface area contributed by atoms with Gasteiger partial charge < -0.3 is 19.1 Å². The van der Waals surface area contributed by atoms with Crippen LogP contribution in [0.1, 0.15) is 37.9 Å². The maximum atomic E-state index is 13.9. The van der Waals surface area contributed by atoms with Crippen molar-refractivity contribution in [3.05, 3.63) is 97.2 Å². The van der Waals surface area contributed by atoms with Crippen molar-refractivity contribution in [3.8, 4) is 11.5 Å². The van der Waals surface area contributed by atoms with Gasteiger partial charge in [-0.1, -0.05) is 42.2 Å². The fourth-order valence-electron chi connectivity index (χ4n) is 4.65. The second-order valence-electron chi connectivity index (χ2n) is 8.85. The third-order valence-corrected chi connectivity index (χ3v) is 7.60. The summed E-state index contributed by atoms with van der Waals surface area (Å²) in [5.74, 6) is 0.467. The van der Waals surface area contributed by atoms with Crippen LogP contribution in [0.5, 0.6) is 11.5 Å². The SMILES string of the molecule is C=CCOC(=O)C1=C(C)N=c2s/c(=C/c3ccc(N(CC)CC)cc3)c(=O)n2C1c1ccc(OC)c(OC)c1. The summed E-state index contributed by atoms with van der Waals surface area (Å²) in [6.45, 7) is 11.5. The fourth-order valence-corrected chi connectivity index (χ4v) is 5.70. The Morgan fingerprint density at radius 3 is 2.41 bits per heavy atom. The molecule has 3 aromatic rings. The minimum atomic E-state index is -0.759. The number of fused-ring (bicyclic) bond motifs is 1. The molecule has 1 aliphatic rings. The molecule has 1 aromatic heterocycles. The number of hydrogen-bond acceptors (Lipinski definition) is 8. The van der Waals surface area contributed by atoms with Crippen LogP contribution in [0.3, 0.4) is 0 Å². The maximum Gasteiger partial charge on any atom is 0.338 e. The van der Waals surface area contributed by atoms with Crippen LogP contribution in [0.2, 0.25) is 0 Å². The second-order valence-corrected chi connectivity index (χ2v) is 9.86. The molecule has 0 saturated heterocycles. The van der Waals surface area contributed by atoms with Crippen molar-refractivity contribution >= 4 is 29.1 Å². The van der Waals surface area contributed by atoms with Crippen LogP contribution in [-0.2, 0) is 9.53 Å². The zero-order valence-corrected chi connectivity index (χ0v) is 23.7. The van der Waals surface area contributed by atoms with Crippen LogP contribution in [-0.4, -0.2) is 44.5 Å². The Hall–Kier alpha value is -4.11. The highest BCUT2D eigenvalue weighted by molar-refractivity contribution is 7.07. The number of carbonyl (C=O) groups is 1. The largest absolute Gasteiger partial charge is 0.493 e. The van der Waals surface area contributed by atoms with Crippen LogP contribution in [0.15, 0.2) is 76.2 Å². The topological polar surface area (TPSA) is 82.4 Å². The van der Waals surface area contributed by atoms with E-state index < -0.39 is 12.0 Å². The molecule has 204 valence electrons. The second kappa shape index (κ2) is 12.2. The quantitative estimate of drug-likeness (QED) is 0.284. The number of hydrogen-bond donors (Lipinski definition) is 0. The number of nitrogens with zero attached hydrogens (tertiary/aromatic N) is 3. The Morgan fingerprint density at radius 2 is 1.79 bits per heavy atom. The van der Waals surface area contributed by atoms with Gasteiger partial charge in [-0.15, -0.1) is 0 Å². The molecule has 0 spiro atoms. The molecule has 0 N–H and O–H groups in total. The number of thiazole rings is 1. The lowest BCUT2D eigenvalue weighted by Gasteiger charge is -2.25. The Labute approximate surface area is 231 Å². The Balaban J connectivity index is 1.88. The molecule has 0 radical (unpaired) electrons. The van der Waals surface area contributed by atoms with Crippen LogP contribution in [0, 0.1) is 0 Å². The number of carbonyl (C=O) groups excluding carboxylic acids is 1. The van der Waals surface area contributed by atoms with Gasteiger partial charge in [0.2, 0.25) is 0 Å². The van der Waals surface area contributed by atoms with Crippen LogP contribution in [0.25, 0.3) is 6.08 Å². The molecule has 1 unspecified atom stereocenters. The summed E-state index contributed by atoms with van der Waals surface area (Å²) < 4.78 is 18.4. The molecule has 9 heteroatoms. The van der Waals surface area contributed by atoms with Gasteiger partial charge in [0.05, 0.1) is 36.1 Å². The van der Waals surface area contributed by atoms with E-state index in [0.29, 0.717) is 32.1 Å². The molecule has 1 aliphatic heterocycles. The van der Waals surface area contributed by atoms with E-state index in [0.717, 1.165) is 24.3 Å². The Morgan fingerprint density at radius 1 is 1.10 bits per heavy atom. The first-order chi connectivity index (χ1) is 18.9. The molecular weight excluding hydrogens is 514 g/mol. The van der Waals surface area contributed by atoms with Crippen molar-refractivity contribution in [1.82, 2.24) is 4.57 Å². The number of esters is 1. The molecule has 0 fully saturated rings. The number of rotatable bonds is 10. The smallest absolute Gasteiger partial charge is 0.338 e. The minimum Gasteiger partial charge on any atom is -0.493 e. The van der Waals surface area contributed by atoms with Gasteiger partial charge in [-0.2, -0.15) is 0 Å². The third kappa shape index (κ3) is 5.54. The molecule has 0 aliphatic carbocycles. The standard InChI is InChI=1S/C30H33N3O5S/c1-7-16-38-29(35)26-19(4)31-30-33(27(26)21-12-15-23(36-5)24(18-21)37-6)28(34)25(39-30)17-20-10-13-22(14-11-20)32(8-2)9-3/h7,10-15,17-18,27H,1,8-9,16H2,2-6H3/b25-17+. The normalized spacial score (nSPS) is 14.9. The summed E-state index contributed by atoms with van der Waals surface area (Å²) in [5.41, 5.74) is 3.23. The first-order valence-corrected chi connectivity index (χ1v) is 13.6. The van der Waals surface area contributed by atoms with Crippen molar-refractivity contribution in [1.29, 1.82) is 0 Å². The van der Waals surface area contributed by atoms with Crippen molar-refractivity contribution in [3.63, 3.8) is 0 Å². The molecule has 0 amide bonds. The summed E-state index contributed by atoms with van der Waals surface area (Å²) >= 11 is 1.29. The number of ether oxygens (including phenoxy) is 3. The number of allylic oxidation sites excluding steroid dienone is 1. The van der Waals surface area contributed by atoms with E-state index in [1.165, 1.54) is 17.4 Å². The molecule has 0 saturated carbocycles. The van der Waals surface area contributed by atoms with Crippen LogP contribution >= 0.6 is 11.3 Å². The Bertz CT molecular complexity index is 1580. The van der Waals surface area contributed by atoms with Gasteiger partial charge in [0.15, 0.2) is 16.3 Å². The number of methoxy groups -OCH3 is 2. The number of anilines is 1. The van der Waals surface area contributed by atoms with Crippen molar-refractivity contribution in [2.75, 3.05) is 38.8 Å². The monoisotopic (exact) mass is 547 g/mol. The molecule has 0 bridgehead atoms. The molecule has 1 atom stereocenters. The average Bonchev–Trinajstić information content (AvgIpc) is 3.25. The van der Waals surface area contributed by atoms with Crippen molar-refractivity contribution in [2.24, 2.45) is 4.99 Å². The minimum absolute atomic E-state index is 0.0438. The fraction of sp³-hybridized carbons (Fsp3) is 0.300. The van der Waals surface area contributed by atoms with E-state index in [4.69, 9.17) is 14.2 Å². The highest BCUT2D eigenvalue weighted by Crippen LogP contribution is 2.36. The lowest BCUT2D eigenvalue weighted by molar-refractivity contribution is -0.138. The van der Waals surface area contributed by atoms with E-state index in [-0.39, 0.29) is 17.7 Å². The molecule has 2 heterocycles. The lowest BCUT2D eigenvalue weighted by atomic mass is 9.95. The average molecular weight is 548 g/mol. The molecular formula is C30H33N3O5S. The summed E-state index contributed by atoms with van der Waals surface area (Å²) in [7, 11) is 3.09. The summed E-state index contributed by atoms with van der Waals surface area (Å²) in [6.07, 6.45) is 3.36. The predicted molar refractivity (Wildman–Crippen MR) is 154 cm³/mol. The molecule has 39 heavy (non-hydrogen) atoms. The van der Waals surface area contributed by atoms with Crippen molar-refractivity contribution < 1.29 is 19.0 Å². The van der Waals surface area contributed by atoms with Gasteiger partial charge in [-0.25, -0.2) is 9.79 Å². The number of aromatic nitrogens is 1. The van der Waals surface area contributed by atoms with Gasteiger partial charge in [0.1, 0.15) is 6.61 Å². The zero-order valence-electron chi connectivity index (χ0n) is 22.9. The zero-order chi connectivity index (χ0) is 28.1. The van der Waals surface area contributed by atoms with E-state index in [1.807, 2.05) is 24.3 Å². The van der Waals surface area contributed by atoms with Gasteiger partial charge in [-0.3, -0.25) is 9.36 Å². The van der Waals surface area contributed by atoms with Crippen LogP contribution < -0.4 is 29.3 Å².